The monoisotopic (exact) mass is 660 g/mol. The lowest BCUT2D eigenvalue weighted by molar-refractivity contribution is -0.154. The number of carbonyl (C=O) groups excluding carboxylic acids is 1. The fourth-order valence-electron chi connectivity index (χ4n) is 3.68. The van der Waals surface area contributed by atoms with Crippen LogP contribution in [0.3, 0.4) is 0 Å². The topological polar surface area (TPSA) is 63.2 Å². The highest BCUT2D eigenvalue weighted by atomic mass is 32.2. The second kappa shape index (κ2) is 15.5. The van der Waals surface area contributed by atoms with Crippen molar-refractivity contribution in [3.05, 3.63) is 0 Å². The summed E-state index contributed by atoms with van der Waals surface area (Å²) in [5, 5.41) is 0. The molecule has 0 amide bonds. The van der Waals surface area contributed by atoms with Crippen molar-refractivity contribution in [2.24, 2.45) is 0 Å². The Morgan fingerprint density at radius 3 is 1.18 bits per heavy atom. The lowest BCUT2D eigenvalue weighted by Gasteiger charge is -2.46. The average Bonchev–Trinajstić information content (AvgIpc) is 2.62. The fraction of sp³-hybridized carbons (Fsp3) is 0.960. The highest BCUT2D eigenvalue weighted by Crippen LogP contribution is 2.37. The molecule has 0 aromatic rings. The van der Waals surface area contributed by atoms with Crippen molar-refractivity contribution < 1.29 is 26.9 Å². The SMILES string of the molecule is CCSC(SCC)[C@@H](O[Si](C)(C)C)[C@H](O[Si](C)(C)C)[C@H](O[Si](C)(C)C)[C@@H](O[Si](C)(C)C)C(=O)O[Si](C)(C)C. The molecule has 0 heterocycles. The first kappa shape index (κ1) is 39.1. The maximum absolute atomic E-state index is 13.9. The molecule has 13 heteroatoms. The van der Waals surface area contributed by atoms with E-state index in [0.29, 0.717) is 0 Å². The van der Waals surface area contributed by atoms with Gasteiger partial charge in [-0.05, 0) is 110 Å². The molecular formula is C25H60O6S2Si5. The number of hydrogen-bond acceptors (Lipinski definition) is 8. The highest BCUT2D eigenvalue weighted by molar-refractivity contribution is 8.17. The molecule has 0 aliphatic carbocycles. The summed E-state index contributed by atoms with van der Waals surface area (Å²) in [5.74, 6) is 1.61. The standard InChI is InChI=1S/C25H60O6S2Si5/c1-18-32-25(33-19-2)23(30-37(12,13)14)21(28-35(6,7)8)20(27-34(3,4)5)22(29-36(9,10)11)24(26)31-38(15,16)17/h20-23,25H,18-19H2,1-17H3/t20-,21+,22+,23-/m0/s1. The Bertz CT molecular complexity index is 705. The minimum atomic E-state index is -2.18. The third kappa shape index (κ3) is 17.8. The van der Waals surface area contributed by atoms with Gasteiger partial charge >= 0.3 is 5.97 Å². The smallest absolute Gasteiger partial charge is 0.323 e. The van der Waals surface area contributed by atoms with Gasteiger partial charge in [-0.25, -0.2) is 0 Å². The molecule has 0 saturated heterocycles. The summed E-state index contributed by atoms with van der Waals surface area (Å²) in [6, 6.07) is 0. The van der Waals surface area contributed by atoms with Gasteiger partial charge in [-0.2, -0.15) is 0 Å². The Hall–Kier alpha value is 1.09. The van der Waals surface area contributed by atoms with Gasteiger partial charge in [-0.3, -0.25) is 4.79 Å². The number of thioether (sulfide) groups is 2. The molecule has 0 aliphatic heterocycles. The average molecular weight is 661 g/mol. The van der Waals surface area contributed by atoms with Gasteiger partial charge in [0.25, 0.3) is 0 Å². The quantitative estimate of drug-likeness (QED) is 0.108. The zero-order valence-corrected chi connectivity index (χ0v) is 34.2. The molecule has 0 aliphatic rings. The Balaban J connectivity index is 7.28. The first-order valence-electron chi connectivity index (χ1n) is 14.0. The molecular weight excluding hydrogens is 601 g/mol. The van der Waals surface area contributed by atoms with Crippen molar-refractivity contribution in [1.29, 1.82) is 0 Å². The van der Waals surface area contributed by atoms with Crippen LogP contribution < -0.4 is 0 Å². The van der Waals surface area contributed by atoms with Crippen molar-refractivity contribution in [3.63, 3.8) is 0 Å². The van der Waals surface area contributed by atoms with E-state index in [1.165, 1.54) is 0 Å². The van der Waals surface area contributed by atoms with Gasteiger partial charge in [0.15, 0.2) is 39.4 Å². The van der Waals surface area contributed by atoms with Gasteiger partial charge in [0, 0.05) is 0 Å². The summed E-state index contributed by atoms with van der Waals surface area (Å²) in [5.41, 5.74) is 0. The molecule has 0 N–H and O–H groups in total. The van der Waals surface area contributed by atoms with E-state index in [4.69, 9.17) is 22.1 Å². The highest BCUT2D eigenvalue weighted by Gasteiger charge is 2.50. The summed E-state index contributed by atoms with van der Waals surface area (Å²) in [7, 11) is -10.6. The second-order valence-electron chi connectivity index (χ2n) is 14.5. The molecule has 0 fully saturated rings. The van der Waals surface area contributed by atoms with Gasteiger partial charge < -0.3 is 22.1 Å². The number of carbonyl (C=O) groups is 1. The van der Waals surface area contributed by atoms with Crippen molar-refractivity contribution in [3.8, 4) is 0 Å². The van der Waals surface area contributed by atoms with Crippen LogP contribution in [0.25, 0.3) is 0 Å². The third-order valence-electron chi connectivity index (χ3n) is 4.46. The summed E-state index contributed by atoms with van der Waals surface area (Å²) in [6.07, 6.45) is -2.20. The normalized spacial score (nSPS) is 17.3. The van der Waals surface area contributed by atoms with E-state index in [1.807, 2.05) is 43.2 Å². The first-order valence-corrected chi connectivity index (χ1v) is 33.1. The van der Waals surface area contributed by atoms with E-state index in [2.05, 4.69) is 92.4 Å². The maximum atomic E-state index is 13.9. The van der Waals surface area contributed by atoms with E-state index >= 15 is 0 Å². The summed E-state index contributed by atoms with van der Waals surface area (Å²) < 4.78 is 34.0. The van der Waals surface area contributed by atoms with Crippen LogP contribution in [0, 0.1) is 0 Å². The van der Waals surface area contributed by atoms with E-state index in [9.17, 15) is 4.79 Å². The van der Waals surface area contributed by atoms with Crippen LogP contribution in [0.5, 0.6) is 0 Å². The molecule has 0 bridgehead atoms. The predicted molar refractivity (Wildman–Crippen MR) is 182 cm³/mol. The maximum Gasteiger partial charge on any atom is 0.323 e. The molecule has 6 nitrogen and oxygen atoms in total. The predicted octanol–water partition coefficient (Wildman–Crippen LogP) is 8.08. The van der Waals surface area contributed by atoms with E-state index in [1.54, 1.807) is 0 Å². The molecule has 0 unspecified atom stereocenters. The molecule has 0 aromatic heterocycles. The van der Waals surface area contributed by atoms with Gasteiger partial charge in [-0.15, -0.1) is 23.5 Å². The molecule has 0 saturated carbocycles. The summed E-state index contributed by atoms with van der Waals surface area (Å²) in [4.78, 5) is 13.9. The van der Waals surface area contributed by atoms with Crippen molar-refractivity contribution >= 4 is 71.1 Å². The Labute approximate surface area is 249 Å². The van der Waals surface area contributed by atoms with Crippen molar-refractivity contribution in [2.75, 3.05) is 11.5 Å². The largest absolute Gasteiger partial charge is 0.518 e. The minimum Gasteiger partial charge on any atom is -0.518 e. The van der Waals surface area contributed by atoms with E-state index in [-0.39, 0.29) is 16.7 Å². The van der Waals surface area contributed by atoms with E-state index < -0.39 is 59.9 Å². The van der Waals surface area contributed by atoms with Gasteiger partial charge in [0.2, 0.25) is 8.32 Å². The lowest BCUT2D eigenvalue weighted by atomic mass is 10.0. The van der Waals surface area contributed by atoms with Crippen LogP contribution in [0.1, 0.15) is 13.8 Å². The van der Waals surface area contributed by atoms with Crippen molar-refractivity contribution in [1.82, 2.24) is 0 Å². The second-order valence-corrected chi connectivity index (χ2v) is 40.0. The van der Waals surface area contributed by atoms with E-state index in [0.717, 1.165) is 11.5 Å². The zero-order valence-electron chi connectivity index (χ0n) is 27.6. The molecule has 228 valence electrons. The lowest BCUT2D eigenvalue weighted by Crippen LogP contribution is -2.62. The molecule has 0 radical (unpaired) electrons. The Morgan fingerprint density at radius 2 is 0.868 bits per heavy atom. The van der Waals surface area contributed by atoms with Gasteiger partial charge in [0.1, 0.15) is 6.10 Å². The van der Waals surface area contributed by atoms with Crippen molar-refractivity contribution in [2.45, 2.75) is 141 Å². The van der Waals surface area contributed by atoms with Crippen LogP contribution in [-0.2, 0) is 26.9 Å². The molecule has 0 rings (SSSR count). The van der Waals surface area contributed by atoms with Crippen LogP contribution in [0.15, 0.2) is 0 Å². The van der Waals surface area contributed by atoms with Gasteiger partial charge in [-0.1, -0.05) is 13.8 Å². The molecule has 4 atom stereocenters. The third-order valence-corrected chi connectivity index (χ3v) is 11.9. The Kier molecular flexibility index (Phi) is 16.0. The molecule has 38 heavy (non-hydrogen) atoms. The Morgan fingerprint density at radius 1 is 0.526 bits per heavy atom. The van der Waals surface area contributed by atoms with Crippen LogP contribution in [-0.4, -0.2) is 88.1 Å². The fourth-order valence-corrected chi connectivity index (χ4v) is 11.5. The number of hydrogen-bond donors (Lipinski definition) is 0. The number of rotatable bonds is 18. The van der Waals surface area contributed by atoms with Crippen LogP contribution >= 0.6 is 23.5 Å². The molecule has 0 aromatic carbocycles. The first-order chi connectivity index (χ1) is 16.8. The molecule has 0 spiro atoms. The van der Waals surface area contributed by atoms with Crippen LogP contribution in [0.2, 0.25) is 98.2 Å². The summed E-state index contributed by atoms with van der Waals surface area (Å²) in [6.45, 7) is 36.5. The minimum absolute atomic E-state index is 0.145. The zero-order chi connectivity index (χ0) is 30.3. The van der Waals surface area contributed by atoms with Crippen LogP contribution in [0.4, 0.5) is 0 Å². The van der Waals surface area contributed by atoms with Gasteiger partial charge in [0.05, 0.1) is 16.8 Å². The summed E-state index contributed by atoms with van der Waals surface area (Å²) >= 11 is 3.79.